The number of carbonyl (C=O) groups is 2. The average Bonchev–Trinajstić information content (AvgIpc) is 3.24. The zero-order valence-electron chi connectivity index (χ0n) is 18.6. The maximum atomic E-state index is 13.5. The Morgan fingerprint density at radius 2 is 1.83 bits per heavy atom. The molecule has 0 aliphatic rings. The molecule has 4 rings (SSSR count). The van der Waals surface area contributed by atoms with Crippen LogP contribution in [-0.4, -0.2) is 34.9 Å². The van der Waals surface area contributed by atoms with E-state index in [4.69, 9.17) is 32.7 Å². The highest BCUT2D eigenvalue weighted by Crippen LogP contribution is 2.32. The largest absolute Gasteiger partial charge is 0.494 e. The van der Waals surface area contributed by atoms with Gasteiger partial charge in [-0.1, -0.05) is 23.2 Å². The van der Waals surface area contributed by atoms with Gasteiger partial charge in [-0.15, -0.1) is 11.3 Å². The lowest BCUT2D eigenvalue weighted by molar-refractivity contribution is 0.0520. The number of fused-ring (bicyclic) bond motifs is 1. The first-order chi connectivity index (χ1) is 16.8. The van der Waals surface area contributed by atoms with E-state index in [2.05, 4.69) is 10.4 Å². The summed E-state index contributed by atoms with van der Waals surface area (Å²) in [6, 6.07) is 11.2. The summed E-state index contributed by atoms with van der Waals surface area (Å²) in [5, 5.41) is 9.79. The molecule has 0 atom stereocenters. The molecular formula is C24H19Cl2N3O5S. The normalized spacial score (nSPS) is 10.9. The number of thiophene rings is 1. The van der Waals surface area contributed by atoms with E-state index in [1.807, 2.05) is 6.92 Å². The number of rotatable bonds is 7. The van der Waals surface area contributed by atoms with E-state index in [9.17, 15) is 14.4 Å². The van der Waals surface area contributed by atoms with Crippen LogP contribution in [0.2, 0.25) is 10.0 Å². The number of carbonyl (C=O) groups excluding carboxylic acids is 2. The van der Waals surface area contributed by atoms with Crippen LogP contribution in [0.4, 0.5) is 5.00 Å². The minimum absolute atomic E-state index is 0.0448. The monoisotopic (exact) mass is 531 g/mol. The molecule has 0 spiro atoms. The van der Waals surface area contributed by atoms with Crippen molar-refractivity contribution < 1.29 is 19.1 Å². The Hall–Kier alpha value is -3.40. The van der Waals surface area contributed by atoms with Gasteiger partial charge in [-0.2, -0.15) is 9.78 Å². The Morgan fingerprint density at radius 3 is 2.49 bits per heavy atom. The van der Waals surface area contributed by atoms with Crippen LogP contribution in [0.5, 0.6) is 5.75 Å². The van der Waals surface area contributed by atoms with Crippen LogP contribution in [0.15, 0.2) is 52.6 Å². The molecule has 1 N–H and O–H groups in total. The highest BCUT2D eigenvalue weighted by Gasteiger charge is 2.24. The van der Waals surface area contributed by atoms with Crippen molar-refractivity contribution in [3.8, 4) is 11.4 Å². The van der Waals surface area contributed by atoms with Crippen molar-refractivity contribution in [2.24, 2.45) is 0 Å². The molecule has 2 aromatic carbocycles. The lowest BCUT2D eigenvalue weighted by Gasteiger charge is -2.11. The molecule has 0 saturated heterocycles. The van der Waals surface area contributed by atoms with Gasteiger partial charge in [0.25, 0.3) is 11.5 Å². The summed E-state index contributed by atoms with van der Waals surface area (Å²) < 4.78 is 11.7. The van der Waals surface area contributed by atoms with Gasteiger partial charge in [0.2, 0.25) is 0 Å². The van der Waals surface area contributed by atoms with Gasteiger partial charge in [-0.25, -0.2) is 4.79 Å². The molecule has 180 valence electrons. The maximum absolute atomic E-state index is 13.5. The predicted octanol–water partition coefficient (Wildman–Crippen LogP) is 5.58. The summed E-state index contributed by atoms with van der Waals surface area (Å²) in [6.45, 7) is 4.16. The number of nitrogens with one attached hydrogen (secondary N) is 1. The van der Waals surface area contributed by atoms with Crippen molar-refractivity contribution in [3.63, 3.8) is 0 Å². The third-order valence-corrected chi connectivity index (χ3v) is 6.36. The average molecular weight is 532 g/mol. The molecule has 0 unspecified atom stereocenters. The van der Waals surface area contributed by atoms with Gasteiger partial charge in [0, 0.05) is 15.8 Å². The molecule has 2 heterocycles. The van der Waals surface area contributed by atoms with Gasteiger partial charge in [0.05, 0.1) is 34.9 Å². The number of benzene rings is 2. The van der Waals surface area contributed by atoms with Crippen LogP contribution in [0, 0.1) is 0 Å². The number of nitrogens with zero attached hydrogens (tertiary/aromatic N) is 2. The lowest BCUT2D eigenvalue weighted by Crippen LogP contribution is -2.25. The van der Waals surface area contributed by atoms with E-state index in [1.165, 1.54) is 18.2 Å². The van der Waals surface area contributed by atoms with Crippen LogP contribution in [-0.2, 0) is 4.74 Å². The van der Waals surface area contributed by atoms with E-state index in [1.54, 1.807) is 36.6 Å². The Kier molecular flexibility index (Phi) is 7.39. The number of amides is 1. The summed E-state index contributed by atoms with van der Waals surface area (Å²) >= 11 is 13.2. The molecule has 0 aliphatic heterocycles. The van der Waals surface area contributed by atoms with Crippen molar-refractivity contribution in [2.45, 2.75) is 13.8 Å². The van der Waals surface area contributed by atoms with Gasteiger partial charge >= 0.3 is 5.97 Å². The number of halogens is 2. The second-order valence-corrected chi connectivity index (χ2v) is 8.87. The van der Waals surface area contributed by atoms with E-state index in [-0.39, 0.29) is 38.7 Å². The Balaban J connectivity index is 1.85. The van der Waals surface area contributed by atoms with Crippen LogP contribution in [0.1, 0.15) is 34.7 Å². The summed E-state index contributed by atoms with van der Waals surface area (Å²) in [5.41, 5.74) is 0.0341. The molecule has 0 bridgehead atoms. The fraction of sp³-hybridized carbons (Fsp3) is 0.167. The molecule has 0 saturated carbocycles. The fourth-order valence-electron chi connectivity index (χ4n) is 3.36. The van der Waals surface area contributed by atoms with Gasteiger partial charge in [0.15, 0.2) is 5.69 Å². The van der Waals surface area contributed by atoms with Crippen molar-refractivity contribution in [3.05, 3.63) is 79.5 Å². The highest BCUT2D eigenvalue weighted by molar-refractivity contribution is 7.16. The zero-order valence-corrected chi connectivity index (χ0v) is 21.0. The van der Waals surface area contributed by atoms with Crippen molar-refractivity contribution in [1.29, 1.82) is 0 Å². The SMILES string of the molecule is CCOC(=O)c1nn(-c2ccc(OCC)cc2)c(=O)c2c(NC(=O)c3ccc(Cl)cc3Cl)scc12. The van der Waals surface area contributed by atoms with Gasteiger partial charge in [-0.05, 0) is 56.3 Å². The second kappa shape index (κ2) is 10.5. The first kappa shape index (κ1) is 24.7. The molecule has 4 aromatic rings. The summed E-state index contributed by atoms with van der Waals surface area (Å²) in [6.07, 6.45) is 0. The fourth-order valence-corrected chi connectivity index (χ4v) is 4.79. The van der Waals surface area contributed by atoms with Crippen molar-refractivity contribution in [1.82, 2.24) is 9.78 Å². The molecule has 35 heavy (non-hydrogen) atoms. The first-order valence-electron chi connectivity index (χ1n) is 10.5. The third kappa shape index (κ3) is 5.02. The van der Waals surface area contributed by atoms with Gasteiger partial charge in [0.1, 0.15) is 10.8 Å². The number of esters is 1. The third-order valence-electron chi connectivity index (χ3n) is 4.92. The number of ether oxygens (including phenoxy) is 2. The number of hydrogen-bond donors (Lipinski definition) is 1. The summed E-state index contributed by atoms with van der Waals surface area (Å²) in [4.78, 5) is 39.1. The minimum Gasteiger partial charge on any atom is -0.494 e. The van der Waals surface area contributed by atoms with E-state index < -0.39 is 17.4 Å². The summed E-state index contributed by atoms with van der Waals surface area (Å²) in [5.74, 6) is -0.593. The molecule has 1 amide bonds. The molecule has 2 aromatic heterocycles. The molecule has 8 nitrogen and oxygen atoms in total. The smallest absolute Gasteiger partial charge is 0.359 e. The topological polar surface area (TPSA) is 99.5 Å². The predicted molar refractivity (Wildman–Crippen MR) is 137 cm³/mol. The van der Waals surface area contributed by atoms with Crippen molar-refractivity contribution in [2.75, 3.05) is 18.5 Å². The van der Waals surface area contributed by atoms with E-state index in [0.717, 1.165) is 16.0 Å². The number of anilines is 1. The van der Waals surface area contributed by atoms with E-state index in [0.29, 0.717) is 23.1 Å². The van der Waals surface area contributed by atoms with Crippen LogP contribution < -0.4 is 15.6 Å². The molecule has 0 aliphatic carbocycles. The zero-order chi connectivity index (χ0) is 25.1. The standard InChI is InChI=1S/C24H19Cl2N3O5S/c1-3-33-15-8-6-14(7-9-15)29-23(31)19-17(20(28-29)24(32)34-4-2)12-35-22(19)27-21(30)16-10-5-13(25)11-18(16)26/h5-12H,3-4H2,1-2H3,(H,27,30). The van der Waals surface area contributed by atoms with E-state index >= 15 is 0 Å². The first-order valence-corrected chi connectivity index (χ1v) is 12.2. The number of hydrogen-bond acceptors (Lipinski definition) is 7. The second-order valence-electron chi connectivity index (χ2n) is 7.14. The molecule has 0 radical (unpaired) electrons. The van der Waals surface area contributed by atoms with Crippen molar-refractivity contribution >= 4 is 62.2 Å². The quantitative estimate of drug-likeness (QED) is 0.312. The lowest BCUT2D eigenvalue weighted by atomic mass is 10.2. The molecular weight excluding hydrogens is 513 g/mol. The Morgan fingerprint density at radius 1 is 1.09 bits per heavy atom. The van der Waals surface area contributed by atoms with Gasteiger partial charge < -0.3 is 14.8 Å². The molecule has 11 heteroatoms. The maximum Gasteiger partial charge on any atom is 0.359 e. The summed E-state index contributed by atoms with van der Waals surface area (Å²) in [7, 11) is 0. The Labute approximate surface area is 214 Å². The number of aromatic nitrogens is 2. The Bertz CT molecular complexity index is 1480. The van der Waals surface area contributed by atoms with Crippen LogP contribution >= 0.6 is 34.5 Å². The van der Waals surface area contributed by atoms with Crippen LogP contribution in [0.3, 0.4) is 0 Å². The highest BCUT2D eigenvalue weighted by atomic mass is 35.5. The van der Waals surface area contributed by atoms with Gasteiger partial charge in [-0.3, -0.25) is 9.59 Å². The molecule has 0 fully saturated rings. The van der Waals surface area contributed by atoms with Crippen LogP contribution in [0.25, 0.3) is 16.5 Å². The minimum atomic E-state index is -0.686.